The van der Waals surface area contributed by atoms with Gasteiger partial charge in [-0.3, -0.25) is 4.79 Å². The molecule has 0 aliphatic rings. The quantitative estimate of drug-likeness (QED) is 0.465. The lowest BCUT2D eigenvalue weighted by Crippen LogP contribution is -1.88. The van der Waals surface area contributed by atoms with Crippen LogP contribution >= 0.6 is 0 Å². The van der Waals surface area contributed by atoms with Crippen LogP contribution in [0.15, 0.2) is 42.0 Å². The van der Waals surface area contributed by atoms with Crippen molar-refractivity contribution in [2.24, 2.45) is 0 Å². The second-order valence-electron chi connectivity index (χ2n) is 3.26. The summed E-state index contributed by atoms with van der Waals surface area (Å²) in [4.78, 5) is 11.0. The van der Waals surface area contributed by atoms with Gasteiger partial charge < -0.3 is 5.11 Å². The van der Waals surface area contributed by atoms with Crippen molar-refractivity contribution < 1.29 is 9.90 Å². The Balaban J connectivity index is 3.18. The zero-order chi connectivity index (χ0) is 11.3. The summed E-state index contributed by atoms with van der Waals surface area (Å²) in [6.07, 6.45) is 4.61. The van der Waals surface area contributed by atoms with Crippen LogP contribution in [0.25, 0.3) is 5.57 Å². The van der Waals surface area contributed by atoms with Gasteiger partial charge in [-0.25, -0.2) is 0 Å². The molecule has 0 saturated heterocycles. The summed E-state index contributed by atoms with van der Waals surface area (Å²) in [6, 6.07) is 6.60. The molecule has 0 fully saturated rings. The van der Waals surface area contributed by atoms with Gasteiger partial charge in [0.25, 0.3) is 0 Å². The highest BCUT2D eigenvalue weighted by Crippen LogP contribution is 2.20. The Bertz CT molecular complexity index is 397. The van der Waals surface area contributed by atoms with Gasteiger partial charge in [-0.15, -0.1) is 0 Å². The summed E-state index contributed by atoms with van der Waals surface area (Å²) in [5.41, 5.74) is 2.38. The Morgan fingerprint density at radius 3 is 2.33 bits per heavy atom. The number of hydrogen-bond acceptors (Lipinski definition) is 2. The van der Waals surface area contributed by atoms with Crippen LogP contribution in [0.2, 0.25) is 0 Å². The van der Waals surface area contributed by atoms with Gasteiger partial charge >= 0.3 is 0 Å². The molecular weight excluding hydrogens is 188 g/mol. The Labute approximate surface area is 89.6 Å². The van der Waals surface area contributed by atoms with Crippen molar-refractivity contribution in [1.82, 2.24) is 0 Å². The van der Waals surface area contributed by atoms with Gasteiger partial charge in [0.2, 0.25) is 0 Å². The molecule has 0 aliphatic heterocycles. The molecule has 0 aliphatic carbocycles. The molecule has 0 amide bonds. The molecule has 0 unspecified atom stereocenters. The van der Waals surface area contributed by atoms with Crippen molar-refractivity contribution in [2.45, 2.75) is 13.8 Å². The smallest absolute Gasteiger partial charge is 0.150 e. The number of phenolic OH excluding ortho intramolecular Hbond substituents is 1. The Morgan fingerprint density at radius 1 is 1.27 bits per heavy atom. The van der Waals surface area contributed by atoms with Crippen LogP contribution in [-0.4, -0.2) is 11.4 Å². The maximum Gasteiger partial charge on any atom is 0.150 e. The SMILES string of the molecule is CC=C/C(C)=C(/C=O)c1ccc(O)cc1. The number of aromatic hydroxyl groups is 1. The molecule has 1 aromatic rings. The summed E-state index contributed by atoms with van der Waals surface area (Å²) in [7, 11) is 0. The van der Waals surface area contributed by atoms with Crippen LogP contribution in [0, 0.1) is 0 Å². The number of allylic oxidation sites excluding steroid dienone is 4. The van der Waals surface area contributed by atoms with E-state index in [-0.39, 0.29) is 5.75 Å². The first-order valence-electron chi connectivity index (χ1n) is 4.77. The summed E-state index contributed by atoms with van der Waals surface area (Å²) in [5.74, 6) is 0.202. The number of phenols is 1. The zero-order valence-corrected chi connectivity index (χ0v) is 8.90. The van der Waals surface area contributed by atoms with Gasteiger partial charge in [0.05, 0.1) is 0 Å². The van der Waals surface area contributed by atoms with Gasteiger partial charge in [-0.2, -0.15) is 0 Å². The van der Waals surface area contributed by atoms with Crippen LogP contribution < -0.4 is 0 Å². The molecule has 0 saturated carbocycles. The second kappa shape index (κ2) is 5.15. The highest BCUT2D eigenvalue weighted by Gasteiger charge is 2.02. The maximum absolute atomic E-state index is 11.0. The van der Waals surface area contributed by atoms with Crippen LogP contribution in [0.1, 0.15) is 19.4 Å². The van der Waals surface area contributed by atoms with Crippen LogP contribution in [0.5, 0.6) is 5.75 Å². The summed E-state index contributed by atoms with van der Waals surface area (Å²) in [6.45, 7) is 3.79. The molecule has 0 spiro atoms. The van der Waals surface area contributed by atoms with Crippen molar-refractivity contribution in [1.29, 1.82) is 0 Å². The predicted octanol–water partition coefficient (Wildman–Crippen LogP) is 2.94. The fourth-order valence-corrected chi connectivity index (χ4v) is 1.37. The van der Waals surface area contributed by atoms with E-state index < -0.39 is 0 Å². The van der Waals surface area contributed by atoms with Gasteiger partial charge in [0.1, 0.15) is 5.75 Å². The average molecular weight is 202 g/mol. The first kappa shape index (κ1) is 11.2. The third-order valence-electron chi connectivity index (χ3n) is 2.14. The lowest BCUT2D eigenvalue weighted by atomic mass is 10.0. The van der Waals surface area contributed by atoms with Crippen LogP contribution in [-0.2, 0) is 4.79 Å². The minimum atomic E-state index is 0.202. The number of aldehydes is 1. The molecule has 0 atom stereocenters. The molecule has 2 heteroatoms. The zero-order valence-electron chi connectivity index (χ0n) is 8.90. The standard InChI is InChI=1S/C13H14O2/c1-3-4-10(2)13(9-14)11-5-7-12(15)8-6-11/h3-9,15H,1-2H3/b4-3?,13-10-. The van der Waals surface area contributed by atoms with E-state index >= 15 is 0 Å². The number of benzene rings is 1. The third-order valence-corrected chi connectivity index (χ3v) is 2.14. The van der Waals surface area contributed by atoms with E-state index in [1.54, 1.807) is 24.3 Å². The minimum Gasteiger partial charge on any atom is -0.508 e. The predicted molar refractivity (Wildman–Crippen MR) is 61.6 cm³/mol. The first-order chi connectivity index (χ1) is 7.19. The van der Waals surface area contributed by atoms with Crippen molar-refractivity contribution >= 4 is 11.9 Å². The molecule has 78 valence electrons. The third kappa shape index (κ3) is 2.81. The van der Waals surface area contributed by atoms with Gasteiger partial charge in [-0.1, -0.05) is 24.3 Å². The van der Waals surface area contributed by atoms with E-state index in [9.17, 15) is 4.79 Å². The molecule has 15 heavy (non-hydrogen) atoms. The van der Waals surface area contributed by atoms with Crippen molar-refractivity contribution in [3.05, 3.63) is 47.6 Å². The first-order valence-corrected chi connectivity index (χ1v) is 4.77. The van der Waals surface area contributed by atoms with Crippen molar-refractivity contribution in [2.75, 3.05) is 0 Å². The van der Waals surface area contributed by atoms with E-state index in [4.69, 9.17) is 5.11 Å². The lowest BCUT2D eigenvalue weighted by molar-refractivity contribution is -0.103. The van der Waals surface area contributed by atoms with Crippen molar-refractivity contribution in [3.63, 3.8) is 0 Å². The lowest BCUT2D eigenvalue weighted by Gasteiger charge is -2.03. The number of carbonyl (C=O) groups excluding carboxylic acids is 1. The van der Waals surface area contributed by atoms with Crippen molar-refractivity contribution in [3.8, 4) is 5.75 Å². The summed E-state index contributed by atoms with van der Waals surface area (Å²) in [5, 5.41) is 9.13. The average Bonchev–Trinajstić information content (AvgIpc) is 2.22. The van der Waals surface area contributed by atoms with Crippen LogP contribution in [0.4, 0.5) is 0 Å². The highest BCUT2D eigenvalue weighted by atomic mass is 16.3. The van der Waals surface area contributed by atoms with Gasteiger partial charge in [-0.05, 0) is 37.1 Å². The molecule has 1 N–H and O–H groups in total. The molecule has 0 radical (unpaired) electrons. The monoisotopic (exact) mass is 202 g/mol. The normalized spacial score (nSPS) is 12.7. The largest absolute Gasteiger partial charge is 0.508 e. The molecule has 0 bridgehead atoms. The van der Waals surface area contributed by atoms with E-state index in [1.165, 1.54) is 0 Å². The minimum absolute atomic E-state index is 0.202. The van der Waals surface area contributed by atoms with Gasteiger partial charge in [0, 0.05) is 5.57 Å². The van der Waals surface area contributed by atoms with E-state index in [0.29, 0.717) is 5.57 Å². The molecule has 0 heterocycles. The maximum atomic E-state index is 11.0. The molecule has 2 nitrogen and oxygen atoms in total. The molecule has 0 aromatic heterocycles. The van der Waals surface area contributed by atoms with Crippen LogP contribution in [0.3, 0.4) is 0 Å². The summed E-state index contributed by atoms with van der Waals surface area (Å²) < 4.78 is 0. The molecular formula is C13H14O2. The highest BCUT2D eigenvalue weighted by molar-refractivity contribution is 6.08. The number of hydrogen-bond donors (Lipinski definition) is 1. The molecule has 1 aromatic carbocycles. The number of rotatable bonds is 3. The Hall–Kier alpha value is -1.83. The summed E-state index contributed by atoms with van der Waals surface area (Å²) >= 11 is 0. The van der Waals surface area contributed by atoms with Gasteiger partial charge in [0.15, 0.2) is 6.29 Å². The Kier molecular flexibility index (Phi) is 3.86. The van der Waals surface area contributed by atoms with E-state index in [0.717, 1.165) is 17.4 Å². The fourth-order valence-electron chi connectivity index (χ4n) is 1.37. The Morgan fingerprint density at radius 2 is 1.87 bits per heavy atom. The topological polar surface area (TPSA) is 37.3 Å². The fraction of sp³-hybridized carbons (Fsp3) is 0.154. The van der Waals surface area contributed by atoms with E-state index in [2.05, 4.69) is 0 Å². The van der Waals surface area contributed by atoms with E-state index in [1.807, 2.05) is 26.0 Å². The molecule has 1 rings (SSSR count). The second-order valence-corrected chi connectivity index (χ2v) is 3.26. The number of carbonyl (C=O) groups is 1.